The number of halogens is 4. The Hall–Kier alpha value is -1.62. The van der Waals surface area contributed by atoms with E-state index in [9.17, 15) is 9.59 Å². The van der Waals surface area contributed by atoms with Gasteiger partial charge in [-0.1, -0.05) is 72.4 Å². The number of nitrogens with one attached hydrogen (secondary N) is 1. The Kier molecular flexibility index (Phi) is 14.3. The molecule has 1 aliphatic heterocycles. The van der Waals surface area contributed by atoms with Crippen molar-refractivity contribution < 1.29 is 9.59 Å². The number of piperazine rings is 1. The minimum Gasteiger partial charge on any atom is -0.335 e. The standard InChI is InChI=1S/C31H44Cl4N6O2/c1-19(2)12-25-18-40(30(42)28(37)13-20-5-7-22(32)15-26(20)34)24(4-3-10-39-11-9-36)17-41(25)31(43)29(38)14-21-6-8-23(33)16-27(21)35/h5-8,15-16,19,24-25,28-29,39H,3-4,9-14,17-18,36-38H2,1-2H3/t24-,25+,28?,29?/m0/s1. The number of hydrogen-bond donors (Lipinski definition) is 4. The second-order valence-corrected chi connectivity index (χ2v) is 13.4. The Morgan fingerprint density at radius 1 is 0.837 bits per heavy atom. The van der Waals surface area contributed by atoms with Crippen LogP contribution in [0, 0.1) is 5.92 Å². The molecule has 0 aromatic heterocycles. The lowest BCUT2D eigenvalue weighted by Crippen LogP contribution is -2.65. The Balaban J connectivity index is 1.83. The number of benzene rings is 2. The highest BCUT2D eigenvalue weighted by molar-refractivity contribution is 6.35. The molecule has 0 saturated carbocycles. The average molecular weight is 675 g/mol. The maximum atomic E-state index is 13.9. The predicted octanol–water partition coefficient (Wildman–Crippen LogP) is 4.52. The molecule has 12 heteroatoms. The molecule has 1 fully saturated rings. The fourth-order valence-electron chi connectivity index (χ4n) is 5.62. The maximum absolute atomic E-state index is 13.9. The molecular weight excluding hydrogens is 630 g/mol. The van der Waals surface area contributed by atoms with E-state index in [4.69, 9.17) is 63.6 Å². The van der Waals surface area contributed by atoms with Gasteiger partial charge in [-0.25, -0.2) is 0 Å². The van der Waals surface area contributed by atoms with Crippen molar-refractivity contribution in [3.8, 4) is 0 Å². The zero-order valence-corrected chi connectivity index (χ0v) is 27.9. The minimum absolute atomic E-state index is 0.160. The number of nitrogens with two attached hydrogens (primary N) is 3. The zero-order chi connectivity index (χ0) is 31.7. The molecule has 4 atom stereocenters. The smallest absolute Gasteiger partial charge is 0.240 e. The van der Waals surface area contributed by atoms with Gasteiger partial charge in [0.2, 0.25) is 11.8 Å². The molecule has 1 heterocycles. The summed E-state index contributed by atoms with van der Waals surface area (Å²) in [6, 6.07) is 8.34. The van der Waals surface area contributed by atoms with Crippen LogP contribution < -0.4 is 22.5 Å². The molecule has 0 bridgehead atoms. The minimum atomic E-state index is -0.798. The maximum Gasteiger partial charge on any atom is 0.240 e. The molecule has 0 aliphatic carbocycles. The van der Waals surface area contributed by atoms with Gasteiger partial charge in [0.05, 0.1) is 12.1 Å². The van der Waals surface area contributed by atoms with E-state index in [0.29, 0.717) is 59.1 Å². The van der Waals surface area contributed by atoms with Gasteiger partial charge in [-0.15, -0.1) is 0 Å². The fraction of sp³-hybridized carbons (Fsp3) is 0.548. The van der Waals surface area contributed by atoms with Gasteiger partial charge >= 0.3 is 0 Å². The third kappa shape index (κ3) is 10.5. The van der Waals surface area contributed by atoms with Crippen LogP contribution in [0.4, 0.5) is 0 Å². The molecule has 43 heavy (non-hydrogen) atoms. The molecule has 2 aromatic carbocycles. The van der Waals surface area contributed by atoms with Crippen LogP contribution in [-0.2, 0) is 22.4 Å². The predicted molar refractivity (Wildman–Crippen MR) is 178 cm³/mol. The molecule has 0 radical (unpaired) electrons. The molecular formula is C31H44Cl4N6O2. The fourth-order valence-corrected chi connectivity index (χ4v) is 6.59. The van der Waals surface area contributed by atoms with E-state index < -0.39 is 12.1 Å². The van der Waals surface area contributed by atoms with Crippen LogP contribution in [0.5, 0.6) is 0 Å². The van der Waals surface area contributed by atoms with Crippen molar-refractivity contribution in [1.82, 2.24) is 15.1 Å². The van der Waals surface area contributed by atoms with Crippen molar-refractivity contribution in [2.75, 3.05) is 32.7 Å². The Bertz CT molecular complexity index is 1230. The van der Waals surface area contributed by atoms with Gasteiger partial charge in [0.25, 0.3) is 0 Å². The molecule has 238 valence electrons. The van der Waals surface area contributed by atoms with Crippen LogP contribution in [0.15, 0.2) is 36.4 Å². The number of rotatable bonds is 14. The zero-order valence-electron chi connectivity index (χ0n) is 24.9. The van der Waals surface area contributed by atoms with Gasteiger partial charge in [-0.2, -0.15) is 0 Å². The molecule has 2 aromatic rings. The van der Waals surface area contributed by atoms with Crippen LogP contribution >= 0.6 is 46.4 Å². The third-order valence-corrected chi connectivity index (χ3v) is 8.94. The summed E-state index contributed by atoms with van der Waals surface area (Å²) >= 11 is 24.9. The van der Waals surface area contributed by atoms with E-state index in [1.165, 1.54) is 0 Å². The monoisotopic (exact) mass is 672 g/mol. The average Bonchev–Trinajstić information content (AvgIpc) is 2.95. The number of hydrogen-bond acceptors (Lipinski definition) is 6. The van der Waals surface area contributed by atoms with Crippen LogP contribution in [0.25, 0.3) is 0 Å². The number of carbonyl (C=O) groups excluding carboxylic acids is 2. The molecule has 2 amide bonds. The summed E-state index contributed by atoms with van der Waals surface area (Å²) in [7, 11) is 0. The summed E-state index contributed by atoms with van der Waals surface area (Å²) < 4.78 is 0. The van der Waals surface area contributed by atoms with Crippen LogP contribution in [0.3, 0.4) is 0 Å². The Morgan fingerprint density at radius 3 is 1.79 bits per heavy atom. The molecule has 1 saturated heterocycles. The van der Waals surface area contributed by atoms with Crippen molar-refractivity contribution in [2.45, 2.75) is 70.1 Å². The van der Waals surface area contributed by atoms with Gasteiger partial charge in [-0.3, -0.25) is 9.59 Å². The highest BCUT2D eigenvalue weighted by atomic mass is 35.5. The first-order valence-electron chi connectivity index (χ1n) is 14.8. The summed E-state index contributed by atoms with van der Waals surface area (Å²) in [5, 5.41) is 5.29. The topological polar surface area (TPSA) is 131 Å². The van der Waals surface area contributed by atoms with E-state index in [0.717, 1.165) is 24.1 Å². The van der Waals surface area contributed by atoms with E-state index in [-0.39, 0.29) is 42.7 Å². The van der Waals surface area contributed by atoms with Crippen molar-refractivity contribution in [3.05, 3.63) is 67.6 Å². The summed E-state index contributed by atoms with van der Waals surface area (Å²) in [6.07, 6.45) is 2.76. The van der Waals surface area contributed by atoms with E-state index in [2.05, 4.69) is 19.2 Å². The molecule has 2 unspecified atom stereocenters. The highest BCUT2D eigenvalue weighted by Gasteiger charge is 2.41. The van der Waals surface area contributed by atoms with E-state index in [1.54, 1.807) is 36.4 Å². The second-order valence-electron chi connectivity index (χ2n) is 11.7. The van der Waals surface area contributed by atoms with Crippen molar-refractivity contribution >= 4 is 58.2 Å². The summed E-state index contributed by atoms with van der Waals surface area (Å²) in [4.78, 5) is 31.6. The van der Waals surface area contributed by atoms with E-state index >= 15 is 0 Å². The molecule has 7 N–H and O–H groups in total. The number of nitrogens with zero attached hydrogens (tertiary/aromatic N) is 2. The van der Waals surface area contributed by atoms with Crippen molar-refractivity contribution in [1.29, 1.82) is 0 Å². The SMILES string of the molecule is CC(C)C[C@@H]1CN(C(=O)C(N)Cc2ccc(Cl)cc2Cl)[C@@H](CCCNCCN)CN1C(=O)C(N)Cc1ccc(Cl)cc1Cl. The molecule has 3 rings (SSSR count). The first kappa shape index (κ1) is 35.9. The van der Waals surface area contributed by atoms with Gasteiger partial charge in [0, 0.05) is 58.4 Å². The van der Waals surface area contributed by atoms with Crippen molar-refractivity contribution in [2.24, 2.45) is 23.1 Å². The first-order chi connectivity index (χ1) is 20.4. The van der Waals surface area contributed by atoms with Gasteiger partial charge < -0.3 is 32.3 Å². The Morgan fingerprint density at radius 2 is 1.33 bits per heavy atom. The lowest BCUT2D eigenvalue weighted by atomic mass is 9.93. The molecule has 1 aliphatic rings. The third-order valence-electron chi connectivity index (χ3n) is 7.76. The quantitative estimate of drug-likeness (QED) is 0.218. The number of carbonyl (C=O) groups is 2. The summed E-state index contributed by atoms with van der Waals surface area (Å²) in [6.45, 7) is 6.96. The van der Waals surface area contributed by atoms with Crippen LogP contribution in [-0.4, -0.2) is 78.5 Å². The van der Waals surface area contributed by atoms with Crippen LogP contribution in [0.1, 0.15) is 44.2 Å². The largest absolute Gasteiger partial charge is 0.335 e. The Labute approximate surface area is 275 Å². The summed E-state index contributed by atoms with van der Waals surface area (Å²) in [5.74, 6) is -0.0333. The first-order valence-corrected chi connectivity index (χ1v) is 16.3. The normalized spacial score (nSPS) is 18.7. The molecule has 0 spiro atoms. The lowest BCUT2D eigenvalue weighted by Gasteiger charge is -2.48. The molecule has 8 nitrogen and oxygen atoms in total. The van der Waals surface area contributed by atoms with Gasteiger partial charge in [0.15, 0.2) is 0 Å². The number of amides is 2. The second kappa shape index (κ2) is 17.2. The lowest BCUT2D eigenvalue weighted by molar-refractivity contribution is -0.149. The van der Waals surface area contributed by atoms with Gasteiger partial charge in [0.1, 0.15) is 0 Å². The van der Waals surface area contributed by atoms with Gasteiger partial charge in [-0.05, 0) is 80.0 Å². The van der Waals surface area contributed by atoms with Crippen molar-refractivity contribution in [3.63, 3.8) is 0 Å². The summed E-state index contributed by atoms with van der Waals surface area (Å²) in [5.41, 5.74) is 20.2. The van der Waals surface area contributed by atoms with Crippen LogP contribution in [0.2, 0.25) is 20.1 Å². The highest BCUT2D eigenvalue weighted by Crippen LogP contribution is 2.28. The van der Waals surface area contributed by atoms with E-state index in [1.807, 2.05) is 9.80 Å².